The van der Waals surface area contributed by atoms with E-state index in [2.05, 4.69) is 6.07 Å². The summed E-state index contributed by atoms with van der Waals surface area (Å²) in [5.41, 5.74) is 2.24. The fourth-order valence-electron chi connectivity index (χ4n) is 2.71. The average molecular weight is 299 g/mol. The first kappa shape index (κ1) is 14.0. The SMILES string of the molecule is O=C(CCC(=O)N1CCCc2ccccc21)c1cccs1. The predicted octanol–water partition coefficient (Wildman–Crippen LogP) is 3.69. The molecule has 0 saturated carbocycles. The Morgan fingerprint density at radius 3 is 2.76 bits per heavy atom. The lowest BCUT2D eigenvalue weighted by atomic mass is 10.0. The summed E-state index contributed by atoms with van der Waals surface area (Å²) in [5, 5.41) is 1.88. The molecule has 0 radical (unpaired) electrons. The monoisotopic (exact) mass is 299 g/mol. The highest BCUT2D eigenvalue weighted by Crippen LogP contribution is 2.27. The second-order valence-electron chi connectivity index (χ2n) is 5.18. The molecule has 1 amide bonds. The Labute approximate surface area is 128 Å². The molecule has 1 aromatic carbocycles. The molecule has 2 aromatic rings. The van der Waals surface area contributed by atoms with Crippen LogP contribution in [0.3, 0.4) is 0 Å². The Kier molecular flexibility index (Phi) is 4.15. The topological polar surface area (TPSA) is 37.4 Å². The summed E-state index contributed by atoms with van der Waals surface area (Å²) >= 11 is 1.43. The second kappa shape index (κ2) is 6.22. The van der Waals surface area contributed by atoms with Crippen molar-refractivity contribution < 1.29 is 9.59 Å². The fourth-order valence-corrected chi connectivity index (χ4v) is 3.40. The highest BCUT2D eigenvalue weighted by Gasteiger charge is 2.22. The summed E-state index contributed by atoms with van der Waals surface area (Å²) in [5.74, 6) is 0.107. The number of carbonyl (C=O) groups excluding carboxylic acids is 2. The van der Waals surface area contributed by atoms with Gasteiger partial charge >= 0.3 is 0 Å². The summed E-state index contributed by atoms with van der Waals surface area (Å²) in [7, 11) is 0. The standard InChI is InChI=1S/C17H17NO2S/c19-15(16-8-4-12-21-16)9-10-17(20)18-11-3-6-13-5-1-2-7-14(13)18/h1-2,4-5,7-8,12H,3,6,9-11H2. The molecule has 0 spiro atoms. The van der Waals surface area contributed by atoms with Crippen LogP contribution in [0.15, 0.2) is 41.8 Å². The van der Waals surface area contributed by atoms with Gasteiger partial charge in [-0.1, -0.05) is 24.3 Å². The van der Waals surface area contributed by atoms with Gasteiger partial charge in [0.25, 0.3) is 0 Å². The van der Waals surface area contributed by atoms with E-state index in [-0.39, 0.29) is 24.5 Å². The first-order valence-corrected chi connectivity index (χ1v) is 8.08. The van der Waals surface area contributed by atoms with Gasteiger partial charge in [0.15, 0.2) is 5.78 Å². The Morgan fingerprint density at radius 2 is 1.95 bits per heavy atom. The molecule has 108 valence electrons. The van der Waals surface area contributed by atoms with Crippen LogP contribution in [-0.2, 0) is 11.2 Å². The molecular weight excluding hydrogens is 282 g/mol. The van der Waals surface area contributed by atoms with E-state index in [0.717, 1.165) is 30.0 Å². The number of nitrogens with zero attached hydrogens (tertiary/aromatic N) is 1. The molecule has 0 fully saturated rings. The van der Waals surface area contributed by atoms with Crippen molar-refractivity contribution in [3.05, 3.63) is 52.2 Å². The normalized spacial score (nSPS) is 13.8. The lowest BCUT2D eigenvalue weighted by Gasteiger charge is -2.29. The Morgan fingerprint density at radius 1 is 1.10 bits per heavy atom. The van der Waals surface area contributed by atoms with E-state index in [0.29, 0.717) is 0 Å². The fraction of sp³-hybridized carbons (Fsp3) is 0.294. The molecule has 3 rings (SSSR count). The first-order valence-electron chi connectivity index (χ1n) is 7.20. The number of anilines is 1. The van der Waals surface area contributed by atoms with Gasteiger partial charge in [0.1, 0.15) is 0 Å². The quantitative estimate of drug-likeness (QED) is 0.807. The van der Waals surface area contributed by atoms with Crippen LogP contribution < -0.4 is 4.90 Å². The van der Waals surface area contributed by atoms with Crippen molar-refractivity contribution in [2.24, 2.45) is 0 Å². The number of ketones is 1. The smallest absolute Gasteiger partial charge is 0.227 e. The molecule has 0 unspecified atom stereocenters. The van der Waals surface area contributed by atoms with Crippen molar-refractivity contribution in [2.75, 3.05) is 11.4 Å². The molecule has 0 N–H and O–H groups in total. The van der Waals surface area contributed by atoms with Crippen LogP contribution in [0.2, 0.25) is 0 Å². The minimum Gasteiger partial charge on any atom is -0.312 e. The molecule has 3 nitrogen and oxygen atoms in total. The van der Waals surface area contributed by atoms with Crippen molar-refractivity contribution in [3.8, 4) is 0 Å². The van der Waals surface area contributed by atoms with Crippen molar-refractivity contribution in [2.45, 2.75) is 25.7 Å². The van der Waals surface area contributed by atoms with Crippen LogP contribution in [-0.4, -0.2) is 18.2 Å². The maximum absolute atomic E-state index is 12.4. The van der Waals surface area contributed by atoms with Gasteiger partial charge in [0, 0.05) is 25.1 Å². The summed E-state index contributed by atoms with van der Waals surface area (Å²) in [6.07, 6.45) is 2.58. The van der Waals surface area contributed by atoms with Crippen LogP contribution >= 0.6 is 11.3 Å². The molecule has 1 aliphatic rings. The molecular formula is C17H17NO2S. The van der Waals surface area contributed by atoms with Gasteiger partial charge in [-0.25, -0.2) is 0 Å². The number of hydrogen-bond donors (Lipinski definition) is 0. The highest BCUT2D eigenvalue weighted by molar-refractivity contribution is 7.12. The molecule has 0 atom stereocenters. The van der Waals surface area contributed by atoms with E-state index in [1.54, 1.807) is 0 Å². The van der Waals surface area contributed by atoms with Gasteiger partial charge in [-0.15, -0.1) is 11.3 Å². The Hall–Kier alpha value is -1.94. The molecule has 1 aliphatic heterocycles. The molecule has 4 heteroatoms. The number of amides is 1. The van der Waals surface area contributed by atoms with E-state index < -0.39 is 0 Å². The third kappa shape index (κ3) is 3.05. The van der Waals surface area contributed by atoms with Crippen LogP contribution in [0.1, 0.15) is 34.5 Å². The molecule has 0 bridgehead atoms. The average Bonchev–Trinajstić information content (AvgIpc) is 3.06. The maximum atomic E-state index is 12.4. The number of hydrogen-bond acceptors (Lipinski definition) is 3. The first-order chi connectivity index (χ1) is 10.3. The number of carbonyl (C=O) groups is 2. The molecule has 0 aliphatic carbocycles. The van der Waals surface area contributed by atoms with E-state index in [4.69, 9.17) is 0 Å². The van der Waals surface area contributed by atoms with Crippen molar-refractivity contribution >= 4 is 28.7 Å². The van der Waals surface area contributed by atoms with Crippen molar-refractivity contribution in [3.63, 3.8) is 0 Å². The number of aryl methyl sites for hydroxylation is 1. The number of Topliss-reactive ketones (excluding diaryl/α,β-unsaturated/α-hetero) is 1. The van der Waals surface area contributed by atoms with Gasteiger partial charge in [-0.2, -0.15) is 0 Å². The number of fused-ring (bicyclic) bond motifs is 1. The number of para-hydroxylation sites is 1. The van der Waals surface area contributed by atoms with Gasteiger partial charge in [0.05, 0.1) is 4.88 Å². The number of benzene rings is 1. The third-order valence-corrected chi connectivity index (χ3v) is 4.68. The van der Waals surface area contributed by atoms with Crippen molar-refractivity contribution in [1.82, 2.24) is 0 Å². The molecule has 21 heavy (non-hydrogen) atoms. The zero-order valence-electron chi connectivity index (χ0n) is 11.7. The van der Waals surface area contributed by atoms with Crippen LogP contribution in [0.25, 0.3) is 0 Å². The number of thiophene rings is 1. The number of rotatable bonds is 4. The largest absolute Gasteiger partial charge is 0.312 e. The Balaban J connectivity index is 1.65. The molecule has 1 aromatic heterocycles. The van der Waals surface area contributed by atoms with Crippen LogP contribution in [0.5, 0.6) is 0 Å². The van der Waals surface area contributed by atoms with E-state index in [1.807, 2.05) is 40.6 Å². The lowest BCUT2D eigenvalue weighted by molar-refractivity contribution is -0.118. The zero-order valence-corrected chi connectivity index (χ0v) is 12.6. The van der Waals surface area contributed by atoms with Crippen LogP contribution in [0, 0.1) is 0 Å². The van der Waals surface area contributed by atoms with E-state index >= 15 is 0 Å². The zero-order chi connectivity index (χ0) is 14.7. The minimum absolute atomic E-state index is 0.0482. The molecule has 0 saturated heterocycles. The lowest BCUT2D eigenvalue weighted by Crippen LogP contribution is -2.35. The highest BCUT2D eigenvalue weighted by atomic mass is 32.1. The maximum Gasteiger partial charge on any atom is 0.227 e. The van der Waals surface area contributed by atoms with Gasteiger partial charge in [-0.3, -0.25) is 9.59 Å². The van der Waals surface area contributed by atoms with Gasteiger partial charge < -0.3 is 4.90 Å². The second-order valence-corrected chi connectivity index (χ2v) is 6.13. The third-order valence-electron chi connectivity index (χ3n) is 3.77. The molecule has 2 heterocycles. The summed E-state index contributed by atoms with van der Waals surface area (Å²) in [6.45, 7) is 0.753. The summed E-state index contributed by atoms with van der Waals surface area (Å²) in [6, 6.07) is 11.7. The van der Waals surface area contributed by atoms with Gasteiger partial charge in [-0.05, 0) is 35.9 Å². The minimum atomic E-state index is 0.0482. The predicted molar refractivity (Wildman–Crippen MR) is 85.0 cm³/mol. The van der Waals surface area contributed by atoms with E-state index in [1.165, 1.54) is 16.9 Å². The van der Waals surface area contributed by atoms with Gasteiger partial charge in [0.2, 0.25) is 5.91 Å². The van der Waals surface area contributed by atoms with Crippen molar-refractivity contribution in [1.29, 1.82) is 0 Å². The van der Waals surface area contributed by atoms with E-state index in [9.17, 15) is 9.59 Å². The summed E-state index contributed by atoms with van der Waals surface area (Å²) < 4.78 is 0. The van der Waals surface area contributed by atoms with Crippen LogP contribution in [0.4, 0.5) is 5.69 Å². The Bertz CT molecular complexity index is 649. The summed E-state index contributed by atoms with van der Waals surface area (Å²) in [4.78, 5) is 27.0.